The van der Waals surface area contributed by atoms with Crippen LogP contribution in [0.1, 0.15) is 32.3 Å². The number of hydrogen-bond acceptors (Lipinski definition) is 3. The van der Waals surface area contributed by atoms with Crippen LogP contribution in [0.25, 0.3) is 0 Å². The zero-order chi connectivity index (χ0) is 14.3. The summed E-state index contributed by atoms with van der Waals surface area (Å²) < 4.78 is 4.82. The number of ether oxygens (including phenoxy) is 1. The van der Waals surface area contributed by atoms with E-state index in [1.807, 2.05) is 38.1 Å². The Kier molecular flexibility index (Phi) is 6.06. The van der Waals surface area contributed by atoms with Gasteiger partial charge in [-0.15, -0.1) is 0 Å². The summed E-state index contributed by atoms with van der Waals surface area (Å²) >= 11 is 0. The Morgan fingerprint density at radius 2 is 1.95 bits per heavy atom. The van der Waals surface area contributed by atoms with Crippen molar-refractivity contribution in [2.24, 2.45) is 0 Å². The van der Waals surface area contributed by atoms with Crippen molar-refractivity contribution in [1.29, 1.82) is 0 Å². The van der Waals surface area contributed by atoms with E-state index in [9.17, 15) is 9.59 Å². The molecule has 0 N–H and O–H groups in total. The zero-order valence-corrected chi connectivity index (χ0v) is 11.8. The van der Waals surface area contributed by atoms with Crippen LogP contribution < -0.4 is 4.90 Å². The number of anilines is 1. The van der Waals surface area contributed by atoms with Gasteiger partial charge in [-0.05, 0) is 38.5 Å². The molecule has 1 aromatic carbocycles. The highest BCUT2D eigenvalue weighted by molar-refractivity contribution is 5.94. The van der Waals surface area contributed by atoms with Crippen molar-refractivity contribution in [3.63, 3.8) is 0 Å². The van der Waals surface area contributed by atoms with Crippen LogP contribution in [-0.2, 0) is 14.3 Å². The Morgan fingerprint density at radius 1 is 1.21 bits per heavy atom. The van der Waals surface area contributed by atoms with Crippen LogP contribution in [0.2, 0.25) is 0 Å². The third-order valence-electron chi connectivity index (χ3n) is 2.78. The minimum Gasteiger partial charge on any atom is -0.466 e. The molecule has 0 radical (unpaired) electrons. The largest absolute Gasteiger partial charge is 0.466 e. The van der Waals surface area contributed by atoms with Gasteiger partial charge in [0.2, 0.25) is 5.91 Å². The summed E-state index contributed by atoms with van der Waals surface area (Å²) in [5, 5.41) is 0. The van der Waals surface area contributed by atoms with Gasteiger partial charge in [0.15, 0.2) is 0 Å². The fourth-order valence-corrected chi connectivity index (χ4v) is 1.88. The van der Waals surface area contributed by atoms with Crippen molar-refractivity contribution in [2.75, 3.05) is 18.1 Å². The molecule has 1 rings (SSSR count). The second-order valence-corrected chi connectivity index (χ2v) is 4.28. The molecule has 0 aliphatic rings. The standard InChI is InChI=1S/C15H21NO3/c1-4-16(13-8-6-7-12(3)11-13)14(17)9-10-15(18)19-5-2/h6-8,11H,4-5,9-10H2,1-3H3. The lowest BCUT2D eigenvalue weighted by Gasteiger charge is -2.21. The van der Waals surface area contributed by atoms with Gasteiger partial charge in [-0.3, -0.25) is 9.59 Å². The molecule has 19 heavy (non-hydrogen) atoms. The zero-order valence-electron chi connectivity index (χ0n) is 11.8. The quantitative estimate of drug-likeness (QED) is 0.741. The first kappa shape index (κ1) is 15.2. The first-order chi connectivity index (χ1) is 9.08. The average molecular weight is 263 g/mol. The highest BCUT2D eigenvalue weighted by atomic mass is 16.5. The average Bonchev–Trinajstić information content (AvgIpc) is 2.38. The molecule has 0 aliphatic carbocycles. The molecule has 0 unspecified atom stereocenters. The SMILES string of the molecule is CCOC(=O)CCC(=O)N(CC)c1cccc(C)c1. The van der Waals surface area contributed by atoms with Crippen molar-refractivity contribution in [3.05, 3.63) is 29.8 Å². The number of nitrogens with zero attached hydrogens (tertiary/aromatic N) is 1. The Balaban J connectivity index is 2.64. The van der Waals surface area contributed by atoms with Gasteiger partial charge in [0, 0.05) is 18.7 Å². The first-order valence-electron chi connectivity index (χ1n) is 6.61. The Hall–Kier alpha value is -1.84. The minimum absolute atomic E-state index is 0.0545. The number of amides is 1. The minimum atomic E-state index is -0.323. The summed E-state index contributed by atoms with van der Waals surface area (Å²) in [5.41, 5.74) is 1.98. The number of esters is 1. The molecule has 0 fully saturated rings. The highest BCUT2D eigenvalue weighted by Gasteiger charge is 2.15. The number of hydrogen-bond donors (Lipinski definition) is 0. The molecule has 104 valence electrons. The van der Waals surface area contributed by atoms with E-state index in [0.29, 0.717) is 13.2 Å². The maximum atomic E-state index is 12.1. The van der Waals surface area contributed by atoms with Gasteiger partial charge in [-0.1, -0.05) is 12.1 Å². The topological polar surface area (TPSA) is 46.6 Å². The predicted molar refractivity (Wildman–Crippen MR) is 75.1 cm³/mol. The molecule has 1 aromatic rings. The van der Waals surface area contributed by atoms with E-state index in [1.165, 1.54) is 0 Å². The summed E-state index contributed by atoms with van der Waals surface area (Å²) in [6, 6.07) is 7.77. The van der Waals surface area contributed by atoms with E-state index in [-0.39, 0.29) is 24.7 Å². The van der Waals surface area contributed by atoms with Gasteiger partial charge < -0.3 is 9.64 Å². The van der Waals surface area contributed by atoms with Gasteiger partial charge >= 0.3 is 5.97 Å². The molecule has 4 nitrogen and oxygen atoms in total. The number of benzene rings is 1. The monoisotopic (exact) mass is 263 g/mol. The number of rotatable bonds is 6. The van der Waals surface area contributed by atoms with E-state index < -0.39 is 0 Å². The van der Waals surface area contributed by atoms with Crippen LogP contribution in [0.3, 0.4) is 0 Å². The number of aryl methyl sites for hydroxylation is 1. The summed E-state index contributed by atoms with van der Waals surface area (Å²) in [5.74, 6) is -0.378. The molecule has 0 spiro atoms. The van der Waals surface area contributed by atoms with E-state index in [2.05, 4.69) is 0 Å². The van der Waals surface area contributed by atoms with Crippen LogP contribution >= 0.6 is 0 Å². The Morgan fingerprint density at radius 3 is 2.53 bits per heavy atom. The van der Waals surface area contributed by atoms with E-state index in [4.69, 9.17) is 4.74 Å². The third kappa shape index (κ3) is 4.73. The van der Waals surface area contributed by atoms with Crippen LogP contribution in [0, 0.1) is 6.92 Å². The molecule has 4 heteroatoms. The molecule has 1 amide bonds. The maximum absolute atomic E-state index is 12.1. The normalized spacial score (nSPS) is 10.1. The summed E-state index contributed by atoms with van der Waals surface area (Å²) in [6.45, 7) is 6.60. The summed E-state index contributed by atoms with van der Waals surface area (Å²) in [7, 11) is 0. The first-order valence-corrected chi connectivity index (χ1v) is 6.61. The molecule has 0 aromatic heterocycles. The Bertz CT molecular complexity index is 443. The van der Waals surface area contributed by atoms with Crippen molar-refractivity contribution in [3.8, 4) is 0 Å². The molecule has 0 aliphatic heterocycles. The van der Waals surface area contributed by atoms with E-state index >= 15 is 0 Å². The highest BCUT2D eigenvalue weighted by Crippen LogP contribution is 2.17. The molecule has 0 saturated carbocycles. The van der Waals surface area contributed by atoms with Gasteiger partial charge in [0.25, 0.3) is 0 Å². The maximum Gasteiger partial charge on any atom is 0.306 e. The van der Waals surface area contributed by atoms with Crippen LogP contribution in [-0.4, -0.2) is 25.0 Å². The van der Waals surface area contributed by atoms with E-state index in [0.717, 1.165) is 11.3 Å². The van der Waals surface area contributed by atoms with Crippen molar-refractivity contribution in [1.82, 2.24) is 0 Å². The fraction of sp³-hybridized carbons (Fsp3) is 0.467. The van der Waals surface area contributed by atoms with Crippen LogP contribution in [0.5, 0.6) is 0 Å². The Labute approximate surface area is 114 Å². The lowest BCUT2D eigenvalue weighted by molar-refractivity contribution is -0.144. The van der Waals surface area contributed by atoms with Gasteiger partial charge in [0.1, 0.15) is 0 Å². The summed E-state index contributed by atoms with van der Waals surface area (Å²) in [4.78, 5) is 25.1. The molecule has 0 bridgehead atoms. The van der Waals surface area contributed by atoms with Crippen molar-refractivity contribution in [2.45, 2.75) is 33.6 Å². The lowest BCUT2D eigenvalue weighted by Crippen LogP contribution is -2.31. The second-order valence-electron chi connectivity index (χ2n) is 4.28. The third-order valence-corrected chi connectivity index (χ3v) is 2.78. The van der Waals surface area contributed by atoms with E-state index in [1.54, 1.807) is 11.8 Å². The van der Waals surface area contributed by atoms with Crippen LogP contribution in [0.4, 0.5) is 5.69 Å². The molecule has 0 heterocycles. The van der Waals surface area contributed by atoms with Gasteiger partial charge in [0.05, 0.1) is 13.0 Å². The second kappa shape index (κ2) is 7.56. The van der Waals surface area contributed by atoms with Crippen molar-refractivity contribution < 1.29 is 14.3 Å². The summed E-state index contributed by atoms with van der Waals surface area (Å²) in [6.07, 6.45) is 0.315. The predicted octanol–water partition coefficient (Wildman–Crippen LogP) is 2.69. The lowest BCUT2D eigenvalue weighted by atomic mass is 10.2. The number of carbonyl (C=O) groups excluding carboxylic acids is 2. The van der Waals surface area contributed by atoms with Gasteiger partial charge in [-0.25, -0.2) is 0 Å². The van der Waals surface area contributed by atoms with Crippen molar-refractivity contribution >= 4 is 17.6 Å². The molecule has 0 saturated heterocycles. The fourth-order valence-electron chi connectivity index (χ4n) is 1.88. The number of carbonyl (C=O) groups is 2. The van der Waals surface area contributed by atoms with Gasteiger partial charge in [-0.2, -0.15) is 0 Å². The molecular weight excluding hydrogens is 242 g/mol. The smallest absolute Gasteiger partial charge is 0.306 e. The van der Waals surface area contributed by atoms with Crippen LogP contribution in [0.15, 0.2) is 24.3 Å². The molecular formula is C15H21NO3. The molecule has 0 atom stereocenters.